The van der Waals surface area contributed by atoms with Crippen LogP contribution in [0, 0.1) is 0 Å². The minimum atomic E-state index is -0.309. The Morgan fingerprint density at radius 1 is 0.767 bits per heavy atom. The third kappa shape index (κ3) is 9.61. The number of aliphatic hydroxyl groups is 1. The molecule has 4 aliphatic heterocycles. The van der Waals surface area contributed by atoms with E-state index in [0.29, 0.717) is 61.4 Å². The summed E-state index contributed by atoms with van der Waals surface area (Å²) in [5.41, 5.74) is 9.03. The minimum Gasteiger partial charge on any atom is -0.506 e. The lowest BCUT2D eigenvalue weighted by molar-refractivity contribution is -0.118. The standard InChI is InChI=1S/C47H63N7O6/c1-30(55)14-6-4-3-5-7-22-49-47(60)50-23-9-20-38(57)52-42-34-18-13-27-54-25-11-16-32(44(34)54)29-36(42)40-45(58)39(46(40)59)35-28-31-15-10-24-53-26-12-17-33(43(31)53)41(35)51-37(56)19-8-21-48-2/h28-29,48,58H,3-27H2,1-2H3,(H,52,57)(H2,49,50,60). The largest absolute Gasteiger partial charge is 0.506 e. The van der Waals surface area contributed by atoms with Gasteiger partial charge in [-0.25, -0.2) is 9.79 Å². The van der Waals surface area contributed by atoms with Crippen LogP contribution < -0.4 is 26.2 Å². The molecular weight excluding hydrogens is 759 g/mol. The van der Waals surface area contributed by atoms with E-state index in [2.05, 4.69) is 36.1 Å². The number of hydrogen-bond acceptors (Lipinski definition) is 9. The molecular formula is C47H63N7O6. The average Bonchev–Trinajstić information content (AvgIpc) is 3.23. The Morgan fingerprint density at radius 2 is 1.45 bits per heavy atom. The molecule has 13 nitrogen and oxygen atoms in total. The number of aryl methyl sites for hydroxylation is 1. The van der Waals surface area contributed by atoms with E-state index >= 15 is 0 Å². The van der Waals surface area contributed by atoms with Crippen molar-refractivity contribution in [2.45, 2.75) is 122 Å². The Labute approximate surface area is 354 Å². The summed E-state index contributed by atoms with van der Waals surface area (Å²) < 4.78 is 0. The maximum Gasteiger partial charge on any atom is 0.314 e. The molecule has 0 spiro atoms. The van der Waals surface area contributed by atoms with Crippen molar-refractivity contribution in [3.63, 3.8) is 0 Å². The smallest absolute Gasteiger partial charge is 0.314 e. The normalized spacial score (nSPS) is 20.1. The maximum absolute atomic E-state index is 14.6. The van der Waals surface area contributed by atoms with Crippen LogP contribution in [0.4, 0.5) is 16.2 Å². The zero-order valence-electron chi connectivity index (χ0n) is 35.7. The van der Waals surface area contributed by atoms with Crippen molar-refractivity contribution in [3.05, 3.63) is 62.6 Å². The van der Waals surface area contributed by atoms with Crippen LogP contribution in [0.1, 0.15) is 126 Å². The number of aliphatic imine (C=N–C) groups is 1. The van der Waals surface area contributed by atoms with E-state index in [-0.39, 0.29) is 59.2 Å². The first-order valence-electron chi connectivity index (χ1n) is 22.6. The molecule has 4 heterocycles. The number of urea groups is 1. The molecule has 1 aromatic carbocycles. The van der Waals surface area contributed by atoms with E-state index in [1.54, 1.807) is 6.92 Å². The van der Waals surface area contributed by atoms with Crippen LogP contribution in [0.5, 0.6) is 0 Å². The van der Waals surface area contributed by atoms with E-state index < -0.39 is 0 Å². The van der Waals surface area contributed by atoms with Crippen molar-refractivity contribution in [3.8, 4) is 0 Å². The summed E-state index contributed by atoms with van der Waals surface area (Å²) in [6, 6.07) is 1.73. The fourth-order valence-corrected chi connectivity index (χ4v) is 9.81. The number of nitrogens with zero attached hydrogens (tertiary/aromatic N) is 3. The van der Waals surface area contributed by atoms with Crippen LogP contribution in [0.25, 0.3) is 5.57 Å². The molecule has 0 radical (unpaired) electrons. The van der Waals surface area contributed by atoms with Crippen LogP contribution in [-0.4, -0.2) is 98.0 Å². The highest BCUT2D eigenvalue weighted by atomic mass is 16.3. The number of rotatable bonds is 18. The summed E-state index contributed by atoms with van der Waals surface area (Å²) >= 11 is 0. The second-order valence-electron chi connectivity index (χ2n) is 17.1. The molecule has 0 saturated carbocycles. The summed E-state index contributed by atoms with van der Waals surface area (Å²) in [6.45, 7) is 6.98. The Morgan fingerprint density at radius 3 is 2.22 bits per heavy atom. The Hall–Kier alpha value is -5.04. The van der Waals surface area contributed by atoms with Gasteiger partial charge in [0.05, 0.1) is 22.5 Å². The number of aliphatic hydroxyl groups excluding tert-OH is 1. The summed E-state index contributed by atoms with van der Waals surface area (Å²) in [6.07, 6.45) is 16.0. The van der Waals surface area contributed by atoms with Crippen molar-refractivity contribution in [1.82, 2.24) is 20.9 Å². The molecule has 0 bridgehead atoms. The number of carbonyl (C=O) groups is 5. The molecule has 5 N–H and O–H groups in total. The number of unbranched alkanes of at least 4 members (excludes halogenated alkanes) is 4. The van der Waals surface area contributed by atoms with E-state index in [4.69, 9.17) is 0 Å². The summed E-state index contributed by atoms with van der Waals surface area (Å²) in [4.78, 5) is 74.5. The number of ketones is 2. The van der Waals surface area contributed by atoms with Crippen LogP contribution in [0.3, 0.4) is 0 Å². The number of amides is 4. The summed E-state index contributed by atoms with van der Waals surface area (Å²) in [5, 5.41) is 24.1. The van der Waals surface area contributed by atoms with Gasteiger partial charge in [-0.3, -0.25) is 14.4 Å². The number of anilines is 2. The van der Waals surface area contributed by atoms with Crippen molar-refractivity contribution < 1.29 is 29.1 Å². The van der Waals surface area contributed by atoms with Gasteiger partial charge in [-0.1, -0.05) is 19.3 Å². The minimum absolute atomic E-state index is 0.121. The summed E-state index contributed by atoms with van der Waals surface area (Å²) in [7, 11) is 1.85. The SMILES string of the molecule is CNCCCC(=O)N=C1C(=C2C(=O)C(c3cc4c5c(c3NC(=O)CCCNC(=O)NCCCCCCCC(C)=O)CCCN5CCC4)=C2O)C=C2CCCN3CCCC1=C23. The molecule has 0 aromatic heterocycles. The first kappa shape index (κ1) is 43.1. The van der Waals surface area contributed by atoms with E-state index in [1.165, 1.54) is 0 Å². The molecule has 0 unspecified atom stereocenters. The molecule has 0 atom stereocenters. The van der Waals surface area contributed by atoms with E-state index in [0.717, 1.165) is 143 Å². The van der Waals surface area contributed by atoms with Gasteiger partial charge in [-0.2, -0.15) is 0 Å². The maximum atomic E-state index is 14.6. The number of allylic oxidation sites excluding steroid dienone is 6. The van der Waals surface area contributed by atoms with Gasteiger partial charge in [0, 0.05) is 86.6 Å². The molecule has 2 aliphatic carbocycles. The van der Waals surface area contributed by atoms with Crippen LogP contribution in [0.15, 0.2) is 50.9 Å². The van der Waals surface area contributed by atoms with Gasteiger partial charge in [-0.15, -0.1) is 0 Å². The predicted molar refractivity (Wildman–Crippen MR) is 235 cm³/mol. The number of nitrogens with one attached hydrogen (secondary N) is 4. The van der Waals surface area contributed by atoms with Gasteiger partial charge in [0.25, 0.3) is 0 Å². The van der Waals surface area contributed by atoms with Crippen molar-refractivity contribution >= 4 is 52.1 Å². The Kier molecular flexibility index (Phi) is 14.4. The van der Waals surface area contributed by atoms with Crippen molar-refractivity contribution in [2.75, 3.05) is 63.1 Å². The third-order valence-electron chi connectivity index (χ3n) is 12.7. The molecule has 1 aromatic rings. The number of hydrogen-bond donors (Lipinski definition) is 5. The van der Waals surface area contributed by atoms with Gasteiger partial charge >= 0.3 is 6.03 Å². The third-order valence-corrected chi connectivity index (χ3v) is 12.7. The number of piperidine rings is 1. The molecule has 1 saturated heterocycles. The first-order chi connectivity index (χ1) is 29.2. The van der Waals surface area contributed by atoms with Gasteiger partial charge < -0.3 is 41.0 Å². The lowest BCUT2D eigenvalue weighted by Crippen LogP contribution is -2.38. The van der Waals surface area contributed by atoms with Crippen LogP contribution in [0.2, 0.25) is 0 Å². The fraction of sp³-hybridized carbons (Fsp3) is 0.574. The molecule has 4 amide bonds. The average molecular weight is 822 g/mol. The van der Waals surface area contributed by atoms with E-state index in [1.807, 2.05) is 19.2 Å². The highest BCUT2D eigenvalue weighted by Crippen LogP contribution is 2.49. The van der Waals surface area contributed by atoms with Gasteiger partial charge in [0.2, 0.25) is 17.6 Å². The van der Waals surface area contributed by atoms with Crippen molar-refractivity contribution in [1.29, 1.82) is 0 Å². The number of benzene rings is 1. The highest BCUT2D eigenvalue weighted by Gasteiger charge is 2.43. The number of carbonyl (C=O) groups excluding carboxylic acids is 5. The Balaban J connectivity index is 1.10. The predicted octanol–water partition coefficient (Wildman–Crippen LogP) is 6.53. The molecule has 13 heteroatoms. The van der Waals surface area contributed by atoms with Crippen LogP contribution >= 0.6 is 0 Å². The van der Waals surface area contributed by atoms with Crippen LogP contribution in [-0.2, 0) is 32.0 Å². The molecule has 1 fully saturated rings. The quantitative estimate of drug-likeness (QED) is 0.0816. The lowest BCUT2D eigenvalue weighted by atomic mass is 9.73. The Bertz CT molecular complexity index is 2060. The first-order valence-corrected chi connectivity index (χ1v) is 22.6. The second-order valence-corrected chi connectivity index (χ2v) is 17.1. The topological polar surface area (TPSA) is 173 Å². The van der Waals surface area contributed by atoms with Crippen molar-refractivity contribution in [2.24, 2.45) is 4.99 Å². The zero-order chi connectivity index (χ0) is 42.2. The van der Waals surface area contributed by atoms with Gasteiger partial charge in [0.15, 0.2) is 0 Å². The lowest BCUT2D eigenvalue weighted by Gasteiger charge is -2.42. The molecule has 60 heavy (non-hydrogen) atoms. The fourth-order valence-electron chi connectivity index (χ4n) is 9.81. The monoisotopic (exact) mass is 821 g/mol. The second kappa shape index (κ2) is 20.0. The van der Waals surface area contributed by atoms with Gasteiger partial charge in [-0.05, 0) is 126 Å². The van der Waals surface area contributed by atoms with E-state index in [9.17, 15) is 29.1 Å². The summed E-state index contributed by atoms with van der Waals surface area (Å²) in [5.74, 6) is -0.669. The highest BCUT2D eigenvalue weighted by molar-refractivity contribution is 6.42. The zero-order valence-corrected chi connectivity index (χ0v) is 35.7. The molecule has 7 rings (SSSR count). The van der Waals surface area contributed by atoms with Gasteiger partial charge in [0.1, 0.15) is 11.5 Å². The molecule has 6 aliphatic rings. The molecule has 322 valence electrons. The number of Topliss-reactive ketones (excluding diaryl/α,β-unsaturated/α-hetero) is 2.